The Morgan fingerprint density at radius 2 is 1.12 bits per heavy atom. The highest BCUT2D eigenvalue weighted by atomic mass is 32.2. The fourth-order valence-corrected chi connectivity index (χ4v) is 14.6. The van der Waals surface area contributed by atoms with Crippen LogP contribution in [0.25, 0.3) is 6.08 Å². The first-order valence-corrected chi connectivity index (χ1v) is 30.8. The van der Waals surface area contributed by atoms with Gasteiger partial charge in [0.1, 0.15) is 0 Å². The maximum absolute atomic E-state index is 14.5. The number of hydrogen-bond acceptors (Lipinski definition) is 14. The normalized spacial score (nSPS) is 28.2. The minimum Gasteiger partial charge on any atom is -0.479 e. The second-order valence-electron chi connectivity index (χ2n) is 24.2. The summed E-state index contributed by atoms with van der Waals surface area (Å²) < 4.78 is 5.39. The zero-order valence-electron chi connectivity index (χ0n) is 48.9. The predicted octanol–water partition coefficient (Wildman–Crippen LogP) is 4.94. The number of ether oxygens (including phenoxy) is 1. The molecule has 9 amide bonds. The van der Waals surface area contributed by atoms with Gasteiger partial charge in [0, 0.05) is 64.0 Å². The number of fused-ring (bicyclic) bond motifs is 3. The van der Waals surface area contributed by atoms with Crippen molar-refractivity contribution in [2.24, 2.45) is 76.4 Å². The van der Waals surface area contributed by atoms with Crippen LogP contribution in [0.4, 0.5) is 0 Å². The number of nitriles is 1. The van der Waals surface area contributed by atoms with E-state index in [-0.39, 0.29) is 149 Å². The Hall–Kier alpha value is -6.76. The van der Waals surface area contributed by atoms with Gasteiger partial charge in [-0.05, 0) is 121 Å². The van der Waals surface area contributed by atoms with E-state index in [2.05, 4.69) is 28.6 Å². The number of likely N-dealkylation sites (tertiary alicyclic amines) is 3. The summed E-state index contributed by atoms with van der Waals surface area (Å²) in [5, 5.41) is 35.9. The number of nitrogens with one attached hydrogen (secondary N) is 3. The zero-order valence-corrected chi connectivity index (χ0v) is 49.7. The zero-order chi connectivity index (χ0) is 61.0. The highest BCUT2D eigenvalue weighted by Crippen LogP contribution is 2.53. The van der Waals surface area contributed by atoms with E-state index in [1.54, 1.807) is 19.9 Å². The lowest BCUT2D eigenvalue weighted by atomic mass is 9.86. The number of carboxylic acids is 1. The van der Waals surface area contributed by atoms with E-state index in [1.165, 1.54) is 33.4 Å². The maximum Gasteiger partial charge on any atom is 0.332 e. The van der Waals surface area contributed by atoms with Crippen LogP contribution in [0, 0.1) is 87.8 Å². The lowest BCUT2D eigenvalue weighted by molar-refractivity contribution is -0.150. The van der Waals surface area contributed by atoms with Crippen LogP contribution in [-0.2, 0) is 52.7 Å². The summed E-state index contributed by atoms with van der Waals surface area (Å²) >= 11 is 1.37. The minimum absolute atomic E-state index is 0.00106. The molecule has 3 aliphatic heterocycles. The van der Waals surface area contributed by atoms with E-state index in [0.29, 0.717) is 31.4 Å². The van der Waals surface area contributed by atoms with Crippen molar-refractivity contribution in [3.05, 3.63) is 78.9 Å². The van der Waals surface area contributed by atoms with Gasteiger partial charge in [-0.3, -0.25) is 57.9 Å². The summed E-state index contributed by atoms with van der Waals surface area (Å²) in [7, 11) is 0. The molecule has 0 bridgehead atoms. The molecule has 3 saturated heterocycles. The molecule has 6 aliphatic rings. The molecule has 0 aromatic heterocycles. The average molecular weight is 1180 g/mol. The van der Waals surface area contributed by atoms with Crippen LogP contribution >= 0.6 is 11.8 Å². The molecule has 5 N–H and O–H groups in total. The van der Waals surface area contributed by atoms with E-state index in [4.69, 9.17) is 4.74 Å². The van der Waals surface area contributed by atoms with Crippen molar-refractivity contribution in [2.75, 3.05) is 51.7 Å². The maximum atomic E-state index is 14.5. The molecule has 6 fully saturated rings. The summed E-state index contributed by atoms with van der Waals surface area (Å²) in [4.78, 5) is 139. The molecule has 20 nitrogen and oxygen atoms in total. The van der Waals surface area contributed by atoms with E-state index in [1.807, 2.05) is 80.6 Å². The van der Waals surface area contributed by atoms with E-state index in [9.17, 15) is 63.4 Å². The van der Waals surface area contributed by atoms with E-state index < -0.39 is 81.9 Å². The van der Waals surface area contributed by atoms with Gasteiger partial charge in [-0.15, -0.1) is 18.3 Å². The first-order valence-electron chi connectivity index (χ1n) is 29.7. The van der Waals surface area contributed by atoms with Gasteiger partial charge in [-0.1, -0.05) is 72.9 Å². The summed E-state index contributed by atoms with van der Waals surface area (Å²) in [6, 6.07) is 11.8. The predicted molar refractivity (Wildman–Crippen MR) is 313 cm³/mol. The number of rotatable bonds is 31. The molecule has 3 saturated carbocycles. The second-order valence-corrected chi connectivity index (χ2v) is 25.5. The lowest BCUT2D eigenvalue weighted by Gasteiger charge is -2.24. The summed E-state index contributed by atoms with van der Waals surface area (Å²) in [6.07, 6.45) is 14.6. The number of thioether (sulfide) groups is 1. The topological polar surface area (TPSA) is 290 Å². The first-order chi connectivity index (χ1) is 40.1. The number of aliphatic carboxylic acids is 1. The fourth-order valence-electron chi connectivity index (χ4n) is 13.3. The number of carbonyl (C=O) groups excluding carboxylic acids is 9. The molecule has 3 heterocycles. The van der Waals surface area contributed by atoms with Crippen LogP contribution in [-0.4, -0.2) is 153 Å². The average Bonchev–Trinajstić information content (AvgIpc) is 1.97. The molecule has 454 valence electrons. The molecule has 14 atom stereocenters. The van der Waals surface area contributed by atoms with E-state index >= 15 is 0 Å². The monoisotopic (exact) mass is 1180 g/mol. The third-order valence-electron chi connectivity index (χ3n) is 17.4. The van der Waals surface area contributed by atoms with E-state index in [0.717, 1.165) is 5.56 Å². The van der Waals surface area contributed by atoms with Crippen molar-refractivity contribution in [1.29, 1.82) is 5.26 Å². The molecule has 1 aromatic carbocycles. The number of amides is 9. The number of imide groups is 3. The highest BCUT2D eigenvalue weighted by Gasteiger charge is 2.60. The molecule has 84 heavy (non-hydrogen) atoms. The van der Waals surface area contributed by atoms with Crippen LogP contribution in [0.2, 0.25) is 0 Å². The molecule has 7 rings (SSSR count). The fraction of sp³-hybridized carbons (Fsp3) is 0.603. The van der Waals surface area contributed by atoms with Crippen LogP contribution in [0.15, 0.2) is 73.4 Å². The van der Waals surface area contributed by atoms with Crippen molar-refractivity contribution in [3.8, 4) is 6.07 Å². The SMILES string of the molecule is C=CC1CC(C=CC2CC(C=CC3CC(/C=C/c4ccccc4)C4C(=O)N(CCCOC(C)C(=O)O)C(=O)C34)C3C(=O)N(CCCC(=O)NCCO)C(=O)C23)C2C(=O)N(CCCC(=O)NCCSC(CC(C)(C)C#N)C(=O)NC(C)C)C(=O)C12. The molecule has 21 heteroatoms. The number of hydrogen-bond donors (Lipinski definition) is 5. The number of allylic oxidation sites excluding steroid dienone is 6. The van der Waals surface area contributed by atoms with Gasteiger partial charge in [-0.25, -0.2) is 4.79 Å². The van der Waals surface area contributed by atoms with Gasteiger partial charge >= 0.3 is 5.97 Å². The van der Waals surface area contributed by atoms with Crippen molar-refractivity contribution in [2.45, 2.75) is 110 Å². The van der Waals surface area contributed by atoms with Gasteiger partial charge in [0.2, 0.25) is 53.2 Å². The Labute approximate surface area is 496 Å². The quantitative estimate of drug-likeness (QED) is 0.0374. The Balaban J connectivity index is 1.05. The Bertz CT molecular complexity index is 2780. The summed E-state index contributed by atoms with van der Waals surface area (Å²) in [5.41, 5.74) is 0.208. The van der Waals surface area contributed by atoms with Gasteiger partial charge in [-0.2, -0.15) is 5.26 Å². The van der Waals surface area contributed by atoms with Crippen molar-refractivity contribution in [3.63, 3.8) is 0 Å². The highest BCUT2D eigenvalue weighted by molar-refractivity contribution is 8.00. The number of nitrogens with zero attached hydrogens (tertiary/aromatic N) is 4. The number of aliphatic hydroxyl groups is 1. The van der Waals surface area contributed by atoms with Crippen molar-refractivity contribution in [1.82, 2.24) is 30.7 Å². The number of benzene rings is 1. The van der Waals surface area contributed by atoms with Crippen LogP contribution in [0.3, 0.4) is 0 Å². The largest absolute Gasteiger partial charge is 0.479 e. The van der Waals surface area contributed by atoms with Crippen LogP contribution < -0.4 is 16.0 Å². The molecular formula is C63H83N7O13S. The number of aliphatic hydroxyl groups excluding tert-OH is 1. The first kappa shape index (κ1) is 64.8. The van der Waals surface area contributed by atoms with Gasteiger partial charge in [0.15, 0.2) is 6.10 Å². The third-order valence-corrected chi connectivity index (χ3v) is 18.7. The Kier molecular flexibility index (Phi) is 22.6. The summed E-state index contributed by atoms with van der Waals surface area (Å²) in [5.74, 6) is -10.2. The minimum atomic E-state index is -1.12. The molecule has 14 unspecified atom stereocenters. The van der Waals surface area contributed by atoms with Crippen molar-refractivity contribution >= 4 is 77.0 Å². The third kappa shape index (κ3) is 15.4. The summed E-state index contributed by atoms with van der Waals surface area (Å²) in [6.45, 7) is 12.9. The molecule has 1 aromatic rings. The molecule has 3 aliphatic carbocycles. The smallest absolute Gasteiger partial charge is 0.332 e. The van der Waals surface area contributed by atoms with Gasteiger partial charge < -0.3 is 30.9 Å². The number of carbonyl (C=O) groups is 10. The second kappa shape index (κ2) is 29.4. The molecule has 0 spiro atoms. The standard InChI is InChI=1S/C63H83N7O13S/c1-7-40-32-42(50-49(40)56(75)68(57(50)76)26-12-17-48(73)66-25-31-84-46(35-63(5,6)36-64)55(74)67-37(2)3)20-21-44-34-45(54-53(44)58(77)69(59(54)78)27-11-16-47(72)65-24-29-71)23-22-43-33-41(19-18-39-14-9-8-10-15-39)51-52(43)61(80)70(60(51)79)28-13-30-83-38(4)62(81)82/h7-10,14-15,18-23,37-38,40-46,49-54,71H,1,11-13,16-17,24-35H2,2-6H3,(H,65,72)(H,66,73)(H,67,74)(H,81,82)/b19-18+,21-20?,23-22?. The Morgan fingerprint density at radius 1 is 0.690 bits per heavy atom. The van der Waals surface area contributed by atoms with Crippen LogP contribution in [0.5, 0.6) is 0 Å². The molecule has 0 radical (unpaired) electrons. The Morgan fingerprint density at radius 3 is 1.55 bits per heavy atom. The van der Waals surface area contributed by atoms with Crippen LogP contribution in [0.1, 0.15) is 98.0 Å². The molecular weight excluding hydrogens is 1090 g/mol. The van der Waals surface area contributed by atoms with Gasteiger partial charge in [0.25, 0.3) is 0 Å². The lowest BCUT2D eigenvalue weighted by Crippen LogP contribution is -2.39. The van der Waals surface area contributed by atoms with Gasteiger partial charge in [0.05, 0.1) is 58.8 Å². The number of carboxylic acid groups (broad SMARTS) is 1. The van der Waals surface area contributed by atoms with Crippen molar-refractivity contribution < 1.29 is 62.9 Å².